The molecule has 1 fully saturated rings. The molecule has 1 aliphatic rings. The standard InChI is InChI=1S/C21H23N5O2/c1-15(27)16-4-6-17(7-5-16)24-20(28)13-25-11-8-18(9-12-25)26-14-23-19-3-2-10-22-21(19)26/h2-7,10,14,18H,8-9,11-13H2,1H3,(H,24,28). The summed E-state index contributed by atoms with van der Waals surface area (Å²) in [6.07, 6.45) is 5.59. The monoisotopic (exact) mass is 377 g/mol. The maximum absolute atomic E-state index is 12.3. The first kappa shape index (κ1) is 18.3. The first-order chi connectivity index (χ1) is 13.6. The number of piperidine rings is 1. The van der Waals surface area contributed by atoms with Crippen LogP contribution in [-0.2, 0) is 4.79 Å². The Morgan fingerprint density at radius 1 is 1.11 bits per heavy atom. The lowest BCUT2D eigenvalue weighted by atomic mass is 10.0. The maximum atomic E-state index is 12.3. The smallest absolute Gasteiger partial charge is 0.238 e. The maximum Gasteiger partial charge on any atom is 0.238 e. The number of likely N-dealkylation sites (tertiary alicyclic amines) is 1. The molecule has 4 rings (SSSR count). The lowest BCUT2D eigenvalue weighted by Gasteiger charge is -2.32. The summed E-state index contributed by atoms with van der Waals surface area (Å²) in [7, 11) is 0. The number of pyridine rings is 1. The van der Waals surface area contributed by atoms with E-state index in [1.54, 1.807) is 30.5 Å². The number of nitrogens with zero attached hydrogens (tertiary/aromatic N) is 4. The van der Waals surface area contributed by atoms with Crippen molar-refractivity contribution in [2.75, 3.05) is 25.0 Å². The molecule has 1 saturated heterocycles. The Kier molecular flexibility index (Phi) is 5.16. The summed E-state index contributed by atoms with van der Waals surface area (Å²) in [5.41, 5.74) is 3.19. The van der Waals surface area contributed by atoms with Crippen LogP contribution in [0.15, 0.2) is 48.9 Å². The molecule has 0 radical (unpaired) electrons. The number of amides is 1. The van der Waals surface area contributed by atoms with Crippen LogP contribution in [0.25, 0.3) is 11.2 Å². The minimum atomic E-state index is -0.0382. The molecule has 1 N–H and O–H groups in total. The number of fused-ring (bicyclic) bond motifs is 1. The van der Waals surface area contributed by atoms with E-state index in [1.807, 2.05) is 18.5 Å². The number of imidazole rings is 1. The van der Waals surface area contributed by atoms with E-state index in [1.165, 1.54) is 6.92 Å². The molecule has 0 saturated carbocycles. The minimum absolute atomic E-state index is 0.0154. The van der Waals surface area contributed by atoms with Gasteiger partial charge in [-0.3, -0.25) is 14.5 Å². The zero-order valence-electron chi connectivity index (χ0n) is 15.8. The van der Waals surface area contributed by atoms with Gasteiger partial charge in [0.15, 0.2) is 11.4 Å². The number of rotatable bonds is 5. The predicted octanol–water partition coefficient (Wildman–Crippen LogP) is 2.91. The largest absolute Gasteiger partial charge is 0.325 e. The molecule has 3 aromatic rings. The third-order valence-electron chi connectivity index (χ3n) is 5.22. The summed E-state index contributed by atoms with van der Waals surface area (Å²) in [6, 6.07) is 11.2. The van der Waals surface area contributed by atoms with E-state index in [9.17, 15) is 9.59 Å². The number of aromatic nitrogens is 3. The highest BCUT2D eigenvalue weighted by atomic mass is 16.2. The van der Waals surface area contributed by atoms with Crippen LogP contribution in [0, 0.1) is 0 Å². The van der Waals surface area contributed by atoms with Crippen LogP contribution < -0.4 is 5.32 Å². The van der Waals surface area contributed by atoms with Crippen molar-refractivity contribution in [3.05, 3.63) is 54.5 Å². The molecule has 0 bridgehead atoms. The fourth-order valence-corrected chi connectivity index (χ4v) is 3.68. The van der Waals surface area contributed by atoms with Gasteiger partial charge in [-0.25, -0.2) is 9.97 Å². The van der Waals surface area contributed by atoms with Crippen LogP contribution in [-0.4, -0.2) is 50.8 Å². The van der Waals surface area contributed by atoms with Gasteiger partial charge < -0.3 is 9.88 Å². The van der Waals surface area contributed by atoms with Gasteiger partial charge in [0, 0.05) is 36.6 Å². The van der Waals surface area contributed by atoms with Crippen molar-refractivity contribution in [2.24, 2.45) is 0 Å². The number of Topliss-reactive ketones (excluding diaryl/α,β-unsaturated/α-hetero) is 1. The summed E-state index contributed by atoms with van der Waals surface area (Å²) in [5.74, 6) is -0.0228. The second-order valence-corrected chi connectivity index (χ2v) is 7.19. The molecule has 7 nitrogen and oxygen atoms in total. The van der Waals surface area contributed by atoms with Gasteiger partial charge in [0.05, 0.1) is 12.9 Å². The Morgan fingerprint density at radius 2 is 1.86 bits per heavy atom. The number of benzene rings is 1. The molecule has 1 amide bonds. The fourth-order valence-electron chi connectivity index (χ4n) is 3.68. The third-order valence-corrected chi connectivity index (χ3v) is 5.22. The van der Waals surface area contributed by atoms with E-state index in [-0.39, 0.29) is 11.7 Å². The SMILES string of the molecule is CC(=O)c1ccc(NC(=O)CN2CCC(n3cnc4cccnc43)CC2)cc1. The summed E-state index contributed by atoms with van der Waals surface area (Å²) < 4.78 is 2.16. The quantitative estimate of drug-likeness (QED) is 0.692. The third kappa shape index (κ3) is 3.94. The molecule has 3 heterocycles. The normalized spacial score (nSPS) is 15.6. The molecule has 1 aliphatic heterocycles. The van der Waals surface area contributed by atoms with Crippen LogP contribution in [0.2, 0.25) is 0 Å². The Bertz CT molecular complexity index is 987. The number of anilines is 1. The van der Waals surface area contributed by atoms with E-state index in [4.69, 9.17) is 0 Å². The summed E-state index contributed by atoms with van der Waals surface area (Å²) in [5, 5.41) is 2.90. The molecule has 2 aromatic heterocycles. The Hall–Kier alpha value is -3.06. The summed E-state index contributed by atoms with van der Waals surface area (Å²) in [4.78, 5) is 34.7. The van der Waals surface area contributed by atoms with Crippen LogP contribution in [0.4, 0.5) is 5.69 Å². The molecule has 144 valence electrons. The molecular weight excluding hydrogens is 354 g/mol. The number of carbonyl (C=O) groups excluding carboxylic acids is 2. The minimum Gasteiger partial charge on any atom is -0.325 e. The van der Waals surface area contributed by atoms with E-state index < -0.39 is 0 Å². The van der Waals surface area contributed by atoms with E-state index in [2.05, 4.69) is 24.8 Å². The summed E-state index contributed by atoms with van der Waals surface area (Å²) in [6.45, 7) is 3.60. The van der Waals surface area contributed by atoms with Crippen molar-refractivity contribution < 1.29 is 9.59 Å². The van der Waals surface area contributed by atoms with Gasteiger partial charge in [0.25, 0.3) is 0 Å². The van der Waals surface area contributed by atoms with Crippen LogP contribution in [0.5, 0.6) is 0 Å². The average molecular weight is 377 g/mol. The van der Waals surface area contributed by atoms with E-state index >= 15 is 0 Å². The van der Waals surface area contributed by atoms with Gasteiger partial charge in [0.2, 0.25) is 5.91 Å². The number of nitrogens with one attached hydrogen (secondary N) is 1. The second-order valence-electron chi connectivity index (χ2n) is 7.19. The highest BCUT2D eigenvalue weighted by molar-refractivity contribution is 5.96. The first-order valence-corrected chi connectivity index (χ1v) is 9.51. The molecular formula is C21H23N5O2. The van der Waals surface area contributed by atoms with Crippen molar-refractivity contribution >= 4 is 28.5 Å². The topological polar surface area (TPSA) is 80.1 Å². The highest BCUT2D eigenvalue weighted by Crippen LogP contribution is 2.25. The number of hydrogen-bond donors (Lipinski definition) is 1. The molecule has 0 spiro atoms. The molecule has 28 heavy (non-hydrogen) atoms. The molecule has 0 atom stereocenters. The summed E-state index contributed by atoms with van der Waals surface area (Å²) >= 11 is 0. The van der Waals surface area contributed by atoms with Gasteiger partial charge in [0.1, 0.15) is 5.52 Å². The average Bonchev–Trinajstić information content (AvgIpc) is 3.13. The molecule has 1 aromatic carbocycles. The van der Waals surface area contributed by atoms with Gasteiger partial charge >= 0.3 is 0 Å². The number of ketones is 1. The molecule has 0 aliphatic carbocycles. The van der Waals surface area contributed by atoms with Crippen molar-refractivity contribution in [1.29, 1.82) is 0 Å². The van der Waals surface area contributed by atoms with Gasteiger partial charge in [-0.2, -0.15) is 0 Å². The van der Waals surface area contributed by atoms with Gasteiger partial charge in [-0.1, -0.05) is 0 Å². The van der Waals surface area contributed by atoms with Crippen molar-refractivity contribution in [1.82, 2.24) is 19.4 Å². The predicted molar refractivity (Wildman–Crippen MR) is 107 cm³/mol. The lowest BCUT2D eigenvalue weighted by Crippen LogP contribution is -2.39. The second kappa shape index (κ2) is 7.90. The van der Waals surface area contributed by atoms with E-state index in [0.29, 0.717) is 23.8 Å². The molecule has 0 unspecified atom stereocenters. The number of carbonyl (C=O) groups is 2. The van der Waals surface area contributed by atoms with Crippen LogP contribution >= 0.6 is 0 Å². The highest BCUT2D eigenvalue weighted by Gasteiger charge is 2.23. The zero-order valence-corrected chi connectivity index (χ0v) is 15.8. The van der Waals surface area contributed by atoms with Crippen LogP contribution in [0.1, 0.15) is 36.2 Å². The molecule has 7 heteroatoms. The van der Waals surface area contributed by atoms with E-state index in [0.717, 1.165) is 37.1 Å². The Balaban J connectivity index is 1.30. The lowest BCUT2D eigenvalue weighted by molar-refractivity contribution is -0.117. The van der Waals surface area contributed by atoms with Gasteiger partial charge in [-0.15, -0.1) is 0 Å². The van der Waals surface area contributed by atoms with Gasteiger partial charge in [-0.05, 0) is 56.2 Å². The van der Waals surface area contributed by atoms with Crippen molar-refractivity contribution in [3.63, 3.8) is 0 Å². The zero-order chi connectivity index (χ0) is 19.5. The Morgan fingerprint density at radius 3 is 2.57 bits per heavy atom. The van der Waals surface area contributed by atoms with Crippen LogP contribution in [0.3, 0.4) is 0 Å². The number of hydrogen-bond acceptors (Lipinski definition) is 5. The van der Waals surface area contributed by atoms with Crippen molar-refractivity contribution in [2.45, 2.75) is 25.8 Å². The van der Waals surface area contributed by atoms with Crippen molar-refractivity contribution in [3.8, 4) is 0 Å². The fraction of sp³-hybridized carbons (Fsp3) is 0.333. The first-order valence-electron chi connectivity index (χ1n) is 9.51. The Labute approximate surface area is 163 Å².